The van der Waals surface area contributed by atoms with Gasteiger partial charge in [0.2, 0.25) is 0 Å². The van der Waals surface area contributed by atoms with Crippen LogP contribution in [0.2, 0.25) is 5.02 Å². The Labute approximate surface area is 242 Å². The highest BCUT2D eigenvalue weighted by atomic mass is 35.5. The highest BCUT2D eigenvalue weighted by Crippen LogP contribution is 2.33. The van der Waals surface area contributed by atoms with Gasteiger partial charge in [0.15, 0.2) is 5.78 Å². The van der Waals surface area contributed by atoms with Crippen LogP contribution in [0.4, 0.5) is 20.6 Å². The first-order valence-corrected chi connectivity index (χ1v) is 13.1. The molecule has 8 heteroatoms. The summed E-state index contributed by atoms with van der Waals surface area (Å²) in [5.74, 6) is -1.31. The molecular weight excluding hydrogens is 545 g/mol. The summed E-state index contributed by atoms with van der Waals surface area (Å²) in [7, 11) is 0. The quantitative estimate of drug-likeness (QED) is 0.0885. The van der Waals surface area contributed by atoms with Crippen molar-refractivity contribution >= 4 is 46.9 Å². The summed E-state index contributed by atoms with van der Waals surface area (Å²) < 4.78 is 24.4. The number of ketones is 1. The van der Waals surface area contributed by atoms with Gasteiger partial charge in [-0.15, -0.1) is 0 Å². The summed E-state index contributed by atoms with van der Waals surface area (Å²) >= 11 is 6.54. The van der Waals surface area contributed by atoms with Gasteiger partial charge in [0.25, 0.3) is 0 Å². The number of hydrogen-bond donors (Lipinski definition) is 0. The number of nitrogens with zero attached hydrogens (tertiary/aromatic N) is 1. The van der Waals surface area contributed by atoms with E-state index in [1.54, 1.807) is 31.2 Å². The Kier molecular flexibility index (Phi) is 9.66. The summed E-state index contributed by atoms with van der Waals surface area (Å²) in [6, 6.07) is 25.0. The average molecular weight is 572 g/mol. The minimum absolute atomic E-state index is 0.132. The van der Waals surface area contributed by atoms with Crippen LogP contribution in [-0.4, -0.2) is 31.1 Å². The SMILES string of the molecule is Cc1ccccc1C(=O)c1ccc(N(C(=O)OCCOC(=O)C=Cc2ccccc2)c2ccc(F)cc2C)cc1Cl. The molecule has 0 aromatic heterocycles. The molecular formula is C33H27ClFNO5. The Morgan fingerprint density at radius 2 is 1.51 bits per heavy atom. The monoisotopic (exact) mass is 571 g/mol. The van der Waals surface area contributed by atoms with Gasteiger partial charge in [0.1, 0.15) is 19.0 Å². The van der Waals surface area contributed by atoms with Crippen molar-refractivity contribution in [2.75, 3.05) is 18.1 Å². The topological polar surface area (TPSA) is 72.9 Å². The molecule has 0 atom stereocenters. The maximum absolute atomic E-state index is 13.9. The molecule has 0 saturated carbocycles. The van der Waals surface area contributed by atoms with Gasteiger partial charge in [-0.1, -0.05) is 66.2 Å². The normalized spacial score (nSPS) is 10.8. The summed E-state index contributed by atoms with van der Waals surface area (Å²) in [6.07, 6.45) is 2.10. The van der Waals surface area contributed by atoms with Gasteiger partial charge < -0.3 is 9.47 Å². The lowest BCUT2D eigenvalue weighted by Gasteiger charge is -2.24. The molecule has 6 nitrogen and oxygen atoms in total. The second-order valence-corrected chi connectivity index (χ2v) is 9.51. The molecule has 0 heterocycles. The Hall–Kier alpha value is -4.75. The first-order chi connectivity index (χ1) is 19.7. The fraction of sp³-hybridized carbons (Fsp3) is 0.121. The predicted molar refractivity (Wildman–Crippen MR) is 157 cm³/mol. The second kappa shape index (κ2) is 13.5. The maximum atomic E-state index is 13.9. The van der Waals surface area contributed by atoms with E-state index >= 15 is 0 Å². The van der Waals surface area contributed by atoms with Crippen molar-refractivity contribution in [2.45, 2.75) is 13.8 Å². The number of anilines is 2. The van der Waals surface area contributed by atoms with Gasteiger partial charge >= 0.3 is 12.1 Å². The van der Waals surface area contributed by atoms with Crippen LogP contribution >= 0.6 is 11.6 Å². The number of hydrogen-bond acceptors (Lipinski definition) is 5. The van der Waals surface area contributed by atoms with Crippen molar-refractivity contribution in [1.82, 2.24) is 0 Å². The van der Waals surface area contributed by atoms with E-state index in [-0.39, 0.29) is 29.6 Å². The zero-order chi connectivity index (χ0) is 29.4. The molecule has 0 saturated heterocycles. The molecule has 0 radical (unpaired) electrons. The molecule has 0 fully saturated rings. The fourth-order valence-electron chi connectivity index (χ4n) is 4.12. The van der Waals surface area contributed by atoms with E-state index in [2.05, 4.69) is 0 Å². The van der Waals surface area contributed by atoms with Crippen LogP contribution in [0.25, 0.3) is 6.08 Å². The van der Waals surface area contributed by atoms with E-state index < -0.39 is 17.9 Å². The molecule has 41 heavy (non-hydrogen) atoms. The van der Waals surface area contributed by atoms with Crippen molar-refractivity contribution in [1.29, 1.82) is 0 Å². The molecule has 0 unspecified atom stereocenters. The van der Waals surface area contributed by atoms with Crippen LogP contribution < -0.4 is 4.90 Å². The van der Waals surface area contributed by atoms with Crippen LogP contribution in [-0.2, 0) is 14.3 Å². The number of rotatable bonds is 9. The first kappa shape index (κ1) is 29.2. The molecule has 0 aliphatic rings. The molecule has 0 aliphatic carbocycles. The van der Waals surface area contributed by atoms with Crippen LogP contribution in [0.15, 0.2) is 97.1 Å². The average Bonchev–Trinajstić information content (AvgIpc) is 2.96. The lowest BCUT2D eigenvalue weighted by molar-refractivity contribution is -0.138. The number of halogens is 2. The molecule has 1 amide bonds. The number of aryl methyl sites for hydroxylation is 2. The largest absolute Gasteiger partial charge is 0.459 e. The summed E-state index contributed by atoms with van der Waals surface area (Å²) in [5.41, 5.74) is 3.56. The smallest absolute Gasteiger partial charge is 0.419 e. The fourth-order valence-corrected chi connectivity index (χ4v) is 4.39. The highest BCUT2D eigenvalue weighted by molar-refractivity contribution is 6.35. The van der Waals surface area contributed by atoms with Crippen LogP contribution in [0.3, 0.4) is 0 Å². The Bertz CT molecular complexity index is 1600. The van der Waals surface area contributed by atoms with E-state index in [0.29, 0.717) is 22.5 Å². The highest BCUT2D eigenvalue weighted by Gasteiger charge is 2.24. The summed E-state index contributed by atoms with van der Waals surface area (Å²) in [6.45, 7) is 3.08. The number of ether oxygens (including phenoxy) is 2. The van der Waals surface area contributed by atoms with Gasteiger partial charge in [-0.3, -0.25) is 4.79 Å². The third kappa shape index (κ3) is 7.47. The van der Waals surface area contributed by atoms with Gasteiger partial charge in [0, 0.05) is 17.2 Å². The van der Waals surface area contributed by atoms with Gasteiger partial charge in [-0.2, -0.15) is 0 Å². The third-order valence-electron chi connectivity index (χ3n) is 6.19. The first-order valence-electron chi connectivity index (χ1n) is 12.8. The van der Waals surface area contributed by atoms with Gasteiger partial charge in [0.05, 0.1) is 16.4 Å². The summed E-state index contributed by atoms with van der Waals surface area (Å²) in [5, 5.41) is 0.132. The van der Waals surface area contributed by atoms with E-state index in [1.165, 1.54) is 41.3 Å². The number of carbonyl (C=O) groups excluding carboxylic acids is 3. The van der Waals surface area contributed by atoms with Crippen LogP contribution in [0.5, 0.6) is 0 Å². The molecule has 0 bridgehead atoms. The zero-order valence-corrected chi connectivity index (χ0v) is 23.2. The van der Waals surface area contributed by atoms with Crippen molar-refractivity contribution in [3.05, 3.63) is 136 Å². The third-order valence-corrected chi connectivity index (χ3v) is 6.50. The molecule has 0 N–H and O–H groups in total. The summed E-state index contributed by atoms with van der Waals surface area (Å²) in [4.78, 5) is 39.7. The molecule has 208 valence electrons. The number of amides is 1. The van der Waals surface area contributed by atoms with Crippen molar-refractivity contribution in [3.63, 3.8) is 0 Å². The Balaban J connectivity index is 1.50. The van der Waals surface area contributed by atoms with Crippen LogP contribution in [0, 0.1) is 19.7 Å². The minimum atomic E-state index is -0.801. The number of esters is 1. The standard InChI is InChI=1S/C33H27ClFNO5/c1-22-8-6-7-11-27(22)32(38)28-15-14-26(21-29(28)34)36(30-16-13-25(35)20-23(30)2)33(39)41-19-18-40-31(37)17-12-24-9-4-3-5-10-24/h3-17,20-21H,18-19H2,1-2H3. The minimum Gasteiger partial charge on any atom is -0.459 e. The zero-order valence-electron chi connectivity index (χ0n) is 22.5. The number of carbonyl (C=O) groups is 3. The number of benzene rings is 4. The Morgan fingerprint density at radius 3 is 2.22 bits per heavy atom. The van der Waals surface area contributed by atoms with Crippen LogP contribution in [0.1, 0.15) is 32.6 Å². The van der Waals surface area contributed by atoms with Crippen molar-refractivity contribution in [3.8, 4) is 0 Å². The van der Waals surface area contributed by atoms with E-state index in [0.717, 1.165) is 11.1 Å². The van der Waals surface area contributed by atoms with E-state index in [9.17, 15) is 18.8 Å². The van der Waals surface area contributed by atoms with Crippen molar-refractivity contribution < 1.29 is 28.2 Å². The predicted octanol–water partition coefficient (Wildman–Crippen LogP) is 7.86. The molecule has 4 rings (SSSR count). The molecule has 4 aromatic carbocycles. The molecule has 4 aromatic rings. The van der Waals surface area contributed by atoms with Crippen molar-refractivity contribution in [2.24, 2.45) is 0 Å². The lowest BCUT2D eigenvalue weighted by Crippen LogP contribution is -2.29. The second-order valence-electron chi connectivity index (χ2n) is 9.10. The lowest BCUT2D eigenvalue weighted by atomic mass is 9.99. The maximum Gasteiger partial charge on any atom is 0.419 e. The Morgan fingerprint density at radius 1 is 0.805 bits per heavy atom. The van der Waals surface area contributed by atoms with Gasteiger partial charge in [-0.05, 0) is 73.0 Å². The molecule has 0 aliphatic heterocycles. The van der Waals surface area contributed by atoms with E-state index in [4.69, 9.17) is 21.1 Å². The van der Waals surface area contributed by atoms with Gasteiger partial charge in [-0.25, -0.2) is 18.9 Å². The van der Waals surface area contributed by atoms with E-state index in [1.807, 2.05) is 49.4 Å². The molecule has 0 spiro atoms.